The molecule has 2 heterocycles. The van der Waals surface area contributed by atoms with Crippen LogP contribution in [0, 0.1) is 5.92 Å². The highest BCUT2D eigenvalue weighted by Gasteiger charge is 2.32. The number of halogens is 1. The van der Waals surface area contributed by atoms with E-state index in [4.69, 9.17) is 11.6 Å². The standard InChI is InChI=1S/C14H16ClN5O3S/c15-11-1-3-12(4-2-11)24(22,23)20-7-5-10(6-8-20)13(21)18-14-16-9-17-19-14/h1-4,9-10H,5-8H2,(H2,16,17,18,19,21). The van der Waals surface area contributed by atoms with E-state index in [1.165, 1.54) is 22.8 Å². The van der Waals surface area contributed by atoms with Crippen molar-refractivity contribution >= 4 is 33.5 Å². The zero-order chi connectivity index (χ0) is 17.2. The molecule has 0 saturated carbocycles. The minimum absolute atomic E-state index is 0.185. The van der Waals surface area contributed by atoms with Gasteiger partial charge in [-0.1, -0.05) is 11.6 Å². The number of carbonyl (C=O) groups is 1. The lowest BCUT2D eigenvalue weighted by molar-refractivity contribution is -0.121. The van der Waals surface area contributed by atoms with Gasteiger partial charge in [-0.15, -0.1) is 0 Å². The Kier molecular flexibility index (Phi) is 4.83. The molecule has 0 atom stereocenters. The first-order valence-corrected chi connectivity index (χ1v) is 9.20. The van der Waals surface area contributed by atoms with Crippen molar-refractivity contribution in [1.29, 1.82) is 0 Å². The van der Waals surface area contributed by atoms with E-state index < -0.39 is 10.0 Å². The summed E-state index contributed by atoms with van der Waals surface area (Å²) < 4.78 is 26.6. The Morgan fingerprint density at radius 2 is 1.92 bits per heavy atom. The van der Waals surface area contributed by atoms with Crippen LogP contribution in [0.2, 0.25) is 5.02 Å². The molecular weight excluding hydrogens is 354 g/mol. The zero-order valence-corrected chi connectivity index (χ0v) is 14.2. The third-order valence-electron chi connectivity index (χ3n) is 3.93. The Balaban J connectivity index is 1.62. The molecule has 1 amide bonds. The Bertz CT molecular complexity index is 799. The van der Waals surface area contributed by atoms with Crippen molar-refractivity contribution in [2.45, 2.75) is 17.7 Å². The lowest BCUT2D eigenvalue weighted by Gasteiger charge is -2.30. The Hall–Kier alpha value is -1.97. The third-order valence-corrected chi connectivity index (χ3v) is 6.10. The molecule has 1 aliphatic rings. The first-order valence-electron chi connectivity index (χ1n) is 7.39. The number of aromatic nitrogens is 3. The van der Waals surface area contributed by atoms with Gasteiger partial charge in [0.1, 0.15) is 6.33 Å². The quantitative estimate of drug-likeness (QED) is 0.848. The molecule has 1 aliphatic heterocycles. The molecule has 1 fully saturated rings. The van der Waals surface area contributed by atoms with Crippen molar-refractivity contribution in [2.24, 2.45) is 5.92 Å². The van der Waals surface area contributed by atoms with Crippen molar-refractivity contribution in [3.05, 3.63) is 35.6 Å². The fourth-order valence-corrected chi connectivity index (χ4v) is 4.19. The first-order chi connectivity index (χ1) is 11.5. The Morgan fingerprint density at radius 1 is 1.25 bits per heavy atom. The van der Waals surface area contributed by atoms with Crippen LogP contribution in [0.1, 0.15) is 12.8 Å². The fraction of sp³-hybridized carbons (Fsp3) is 0.357. The number of nitrogens with one attached hydrogen (secondary N) is 2. The second kappa shape index (κ2) is 6.88. The van der Waals surface area contributed by atoms with E-state index in [-0.39, 0.29) is 22.7 Å². The topological polar surface area (TPSA) is 108 Å². The van der Waals surface area contributed by atoms with Gasteiger partial charge in [0.05, 0.1) is 4.90 Å². The molecule has 2 N–H and O–H groups in total. The summed E-state index contributed by atoms with van der Waals surface area (Å²) in [6.45, 7) is 0.582. The number of anilines is 1. The molecular formula is C14H16ClN5O3S. The van der Waals surface area contributed by atoms with Gasteiger partial charge in [-0.3, -0.25) is 10.1 Å². The number of amides is 1. The van der Waals surface area contributed by atoms with E-state index in [1.807, 2.05) is 0 Å². The molecule has 1 aromatic heterocycles. The SMILES string of the molecule is O=C(Nc1ncn[nH]1)C1CCN(S(=O)(=O)c2ccc(Cl)cc2)CC1. The maximum atomic E-state index is 12.6. The summed E-state index contributed by atoms with van der Waals surface area (Å²) in [6.07, 6.45) is 2.20. The molecule has 8 nitrogen and oxygen atoms in total. The van der Waals surface area contributed by atoms with Crippen molar-refractivity contribution < 1.29 is 13.2 Å². The predicted molar refractivity (Wildman–Crippen MR) is 87.9 cm³/mol. The van der Waals surface area contributed by atoms with Crippen LogP contribution in [-0.2, 0) is 14.8 Å². The van der Waals surface area contributed by atoms with Gasteiger partial charge in [0.2, 0.25) is 21.9 Å². The van der Waals surface area contributed by atoms with Gasteiger partial charge in [-0.05, 0) is 37.1 Å². The molecule has 3 rings (SSSR count). The average molecular weight is 370 g/mol. The van der Waals surface area contributed by atoms with Crippen molar-refractivity contribution in [3.63, 3.8) is 0 Å². The van der Waals surface area contributed by atoms with Crippen LogP contribution in [-0.4, -0.2) is 46.9 Å². The third kappa shape index (κ3) is 3.58. The van der Waals surface area contributed by atoms with Gasteiger partial charge in [0.25, 0.3) is 0 Å². The highest BCUT2D eigenvalue weighted by Crippen LogP contribution is 2.25. The zero-order valence-electron chi connectivity index (χ0n) is 12.6. The van der Waals surface area contributed by atoms with E-state index >= 15 is 0 Å². The van der Waals surface area contributed by atoms with Crippen LogP contribution in [0.15, 0.2) is 35.5 Å². The number of rotatable bonds is 4. The smallest absolute Gasteiger partial charge is 0.243 e. The summed E-state index contributed by atoms with van der Waals surface area (Å²) in [5, 5.41) is 9.33. The van der Waals surface area contributed by atoms with Crippen molar-refractivity contribution in [3.8, 4) is 0 Å². The number of aromatic amines is 1. The van der Waals surface area contributed by atoms with Crippen LogP contribution in [0.25, 0.3) is 0 Å². The molecule has 0 bridgehead atoms. The monoisotopic (exact) mass is 369 g/mol. The molecule has 128 valence electrons. The maximum absolute atomic E-state index is 12.6. The van der Waals surface area contributed by atoms with Crippen LogP contribution < -0.4 is 5.32 Å². The average Bonchev–Trinajstić information content (AvgIpc) is 3.08. The van der Waals surface area contributed by atoms with Gasteiger partial charge >= 0.3 is 0 Å². The lowest BCUT2D eigenvalue weighted by atomic mass is 9.97. The summed E-state index contributed by atoms with van der Waals surface area (Å²) in [7, 11) is -3.56. The van der Waals surface area contributed by atoms with Crippen LogP contribution in [0.5, 0.6) is 0 Å². The van der Waals surface area contributed by atoms with E-state index in [1.54, 1.807) is 12.1 Å². The minimum Gasteiger partial charge on any atom is -0.295 e. The number of nitrogens with zero attached hydrogens (tertiary/aromatic N) is 3. The molecule has 1 aromatic carbocycles. The van der Waals surface area contributed by atoms with E-state index in [0.717, 1.165) is 0 Å². The summed E-state index contributed by atoms with van der Waals surface area (Å²) in [4.78, 5) is 16.2. The minimum atomic E-state index is -3.56. The molecule has 0 spiro atoms. The number of piperidine rings is 1. The van der Waals surface area contributed by atoms with E-state index in [2.05, 4.69) is 20.5 Å². The van der Waals surface area contributed by atoms with Gasteiger partial charge in [0.15, 0.2) is 0 Å². The Labute approximate surface area is 144 Å². The first kappa shape index (κ1) is 16.9. The number of carbonyl (C=O) groups excluding carboxylic acids is 1. The summed E-state index contributed by atoms with van der Waals surface area (Å²) in [6, 6.07) is 6.07. The second-order valence-electron chi connectivity index (χ2n) is 5.46. The number of benzene rings is 1. The van der Waals surface area contributed by atoms with Crippen LogP contribution in [0.3, 0.4) is 0 Å². The fourth-order valence-electron chi connectivity index (χ4n) is 2.60. The van der Waals surface area contributed by atoms with Crippen LogP contribution in [0.4, 0.5) is 5.95 Å². The van der Waals surface area contributed by atoms with Gasteiger partial charge in [-0.2, -0.15) is 14.4 Å². The predicted octanol–water partition coefficient (Wildman–Crippen LogP) is 1.50. The molecule has 10 heteroatoms. The Morgan fingerprint density at radius 3 is 2.50 bits per heavy atom. The van der Waals surface area contributed by atoms with Crippen molar-refractivity contribution in [2.75, 3.05) is 18.4 Å². The number of hydrogen-bond donors (Lipinski definition) is 2. The molecule has 0 aliphatic carbocycles. The summed E-state index contributed by atoms with van der Waals surface area (Å²) >= 11 is 5.79. The summed E-state index contributed by atoms with van der Waals surface area (Å²) in [5.74, 6) is -0.154. The maximum Gasteiger partial charge on any atom is 0.243 e. The molecule has 24 heavy (non-hydrogen) atoms. The van der Waals surface area contributed by atoms with Crippen molar-refractivity contribution in [1.82, 2.24) is 19.5 Å². The van der Waals surface area contributed by atoms with E-state index in [9.17, 15) is 13.2 Å². The summed E-state index contributed by atoms with van der Waals surface area (Å²) in [5.41, 5.74) is 0. The number of hydrogen-bond acceptors (Lipinski definition) is 5. The largest absolute Gasteiger partial charge is 0.295 e. The molecule has 1 saturated heterocycles. The highest BCUT2D eigenvalue weighted by atomic mass is 35.5. The van der Waals surface area contributed by atoms with Gasteiger partial charge in [-0.25, -0.2) is 13.5 Å². The lowest BCUT2D eigenvalue weighted by Crippen LogP contribution is -2.41. The van der Waals surface area contributed by atoms with Gasteiger partial charge < -0.3 is 0 Å². The number of H-pyrrole nitrogens is 1. The normalized spacial score (nSPS) is 16.9. The van der Waals surface area contributed by atoms with E-state index in [0.29, 0.717) is 31.0 Å². The van der Waals surface area contributed by atoms with Gasteiger partial charge in [0, 0.05) is 24.0 Å². The molecule has 2 aromatic rings. The highest BCUT2D eigenvalue weighted by molar-refractivity contribution is 7.89. The molecule has 0 radical (unpaired) electrons. The number of sulfonamides is 1. The van der Waals surface area contributed by atoms with Crippen LogP contribution >= 0.6 is 11.6 Å². The molecule has 0 unspecified atom stereocenters. The second-order valence-corrected chi connectivity index (χ2v) is 7.83.